The molecule has 0 radical (unpaired) electrons. The zero-order chi connectivity index (χ0) is 17.9. The number of halogens is 1. The third-order valence-electron chi connectivity index (χ3n) is 3.47. The molecule has 128 valence electrons. The molecule has 0 aliphatic heterocycles. The normalized spacial score (nSPS) is 12.9. The van der Waals surface area contributed by atoms with E-state index in [0.717, 1.165) is 9.87 Å². The minimum absolute atomic E-state index is 0.0427. The topological polar surface area (TPSA) is 63.7 Å². The first kappa shape index (κ1) is 18.4. The van der Waals surface area contributed by atoms with E-state index in [1.807, 2.05) is 0 Å². The minimum atomic E-state index is -3.61. The van der Waals surface area contributed by atoms with E-state index in [-0.39, 0.29) is 10.5 Å². The van der Waals surface area contributed by atoms with Crippen LogP contribution in [0.15, 0.2) is 53.4 Å². The van der Waals surface area contributed by atoms with Gasteiger partial charge < -0.3 is 4.74 Å². The summed E-state index contributed by atoms with van der Waals surface area (Å²) in [5.74, 6) is -0.590. The van der Waals surface area contributed by atoms with Gasteiger partial charge in [0.05, 0.1) is 10.5 Å². The van der Waals surface area contributed by atoms with Gasteiger partial charge in [0.25, 0.3) is 0 Å². The molecular formula is C17H18ClNO4S. The van der Waals surface area contributed by atoms with Crippen LogP contribution >= 0.6 is 11.6 Å². The van der Waals surface area contributed by atoms with Crippen molar-refractivity contribution in [1.29, 1.82) is 0 Å². The molecule has 0 spiro atoms. The lowest BCUT2D eigenvalue weighted by Crippen LogP contribution is -2.22. The molecule has 0 unspecified atom stereocenters. The lowest BCUT2D eigenvalue weighted by Gasteiger charge is -2.15. The summed E-state index contributed by atoms with van der Waals surface area (Å²) in [6.45, 7) is 1.74. The zero-order valence-electron chi connectivity index (χ0n) is 13.6. The van der Waals surface area contributed by atoms with E-state index in [1.165, 1.54) is 38.4 Å². The number of hydrogen-bond acceptors (Lipinski definition) is 4. The van der Waals surface area contributed by atoms with Crippen LogP contribution in [0.5, 0.6) is 0 Å². The second-order valence-electron chi connectivity index (χ2n) is 5.41. The summed E-state index contributed by atoms with van der Waals surface area (Å²) in [5, 5.41) is 0.596. The van der Waals surface area contributed by atoms with Crippen LogP contribution in [0.2, 0.25) is 5.02 Å². The first-order chi connectivity index (χ1) is 11.2. The summed E-state index contributed by atoms with van der Waals surface area (Å²) in [4.78, 5) is 12.3. The average Bonchev–Trinajstić information content (AvgIpc) is 2.55. The molecule has 0 fully saturated rings. The third kappa shape index (κ3) is 4.14. The Bertz CT molecular complexity index is 832. The monoisotopic (exact) mass is 367 g/mol. The van der Waals surface area contributed by atoms with Crippen molar-refractivity contribution in [2.75, 3.05) is 14.1 Å². The second-order valence-corrected chi connectivity index (χ2v) is 8.00. The van der Waals surface area contributed by atoms with Gasteiger partial charge in [-0.2, -0.15) is 0 Å². The van der Waals surface area contributed by atoms with Crippen LogP contribution in [0.25, 0.3) is 0 Å². The summed E-state index contributed by atoms with van der Waals surface area (Å²) in [7, 11) is -0.740. The van der Waals surface area contributed by atoms with Gasteiger partial charge in [-0.15, -0.1) is 0 Å². The molecule has 0 N–H and O–H groups in total. The number of hydrogen-bond donors (Lipinski definition) is 0. The quantitative estimate of drug-likeness (QED) is 0.758. The Hall–Kier alpha value is -1.89. The number of rotatable bonds is 5. The van der Waals surface area contributed by atoms with Gasteiger partial charge in [0, 0.05) is 19.1 Å². The largest absolute Gasteiger partial charge is 0.454 e. The molecule has 2 aromatic rings. The molecule has 1 atom stereocenters. The lowest BCUT2D eigenvalue weighted by atomic mass is 10.1. The van der Waals surface area contributed by atoms with E-state index < -0.39 is 22.1 Å². The summed E-state index contributed by atoms with van der Waals surface area (Å²) in [6.07, 6.45) is -0.483. The smallest absolute Gasteiger partial charge is 0.338 e. The van der Waals surface area contributed by atoms with E-state index in [4.69, 9.17) is 16.3 Å². The molecule has 0 aromatic heterocycles. The fourth-order valence-corrected chi connectivity index (χ4v) is 3.10. The van der Waals surface area contributed by atoms with Gasteiger partial charge in [-0.25, -0.2) is 17.5 Å². The Labute approximate surface area is 146 Å². The second kappa shape index (κ2) is 7.34. The zero-order valence-corrected chi connectivity index (χ0v) is 15.1. The average molecular weight is 368 g/mol. The predicted octanol–water partition coefficient (Wildman–Crippen LogP) is 3.51. The Morgan fingerprint density at radius 2 is 1.75 bits per heavy atom. The van der Waals surface area contributed by atoms with Crippen LogP contribution in [-0.2, 0) is 14.8 Å². The van der Waals surface area contributed by atoms with Crippen LogP contribution in [-0.4, -0.2) is 32.8 Å². The summed E-state index contributed by atoms with van der Waals surface area (Å²) < 4.78 is 30.8. The van der Waals surface area contributed by atoms with Crippen LogP contribution in [0.4, 0.5) is 0 Å². The van der Waals surface area contributed by atoms with E-state index in [2.05, 4.69) is 0 Å². The van der Waals surface area contributed by atoms with E-state index in [9.17, 15) is 13.2 Å². The van der Waals surface area contributed by atoms with E-state index >= 15 is 0 Å². The van der Waals surface area contributed by atoms with Crippen molar-refractivity contribution < 1.29 is 17.9 Å². The van der Waals surface area contributed by atoms with Gasteiger partial charge in [-0.1, -0.05) is 29.8 Å². The van der Waals surface area contributed by atoms with Crippen molar-refractivity contribution in [2.45, 2.75) is 17.9 Å². The van der Waals surface area contributed by atoms with Crippen molar-refractivity contribution in [1.82, 2.24) is 4.31 Å². The summed E-state index contributed by atoms with van der Waals surface area (Å²) in [6, 6.07) is 12.8. The molecule has 24 heavy (non-hydrogen) atoms. The van der Waals surface area contributed by atoms with E-state index in [0.29, 0.717) is 5.02 Å². The molecule has 0 heterocycles. The maximum absolute atomic E-state index is 12.3. The molecular weight excluding hydrogens is 350 g/mol. The lowest BCUT2D eigenvalue weighted by molar-refractivity contribution is 0.0337. The number of benzene rings is 2. The van der Waals surface area contributed by atoms with Gasteiger partial charge >= 0.3 is 5.97 Å². The first-order valence-electron chi connectivity index (χ1n) is 7.21. The number of carbonyl (C=O) groups is 1. The number of sulfonamides is 1. The number of carbonyl (C=O) groups excluding carboxylic acids is 1. The van der Waals surface area contributed by atoms with Crippen molar-refractivity contribution in [3.63, 3.8) is 0 Å². The molecule has 5 nitrogen and oxygen atoms in total. The maximum atomic E-state index is 12.3. The molecule has 0 bridgehead atoms. The molecule has 2 aromatic carbocycles. The molecule has 0 saturated heterocycles. The summed E-state index contributed by atoms with van der Waals surface area (Å²) in [5.41, 5.74) is 0.976. The Balaban J connectivity index is 2.20. The Morgan fingerprint density at radius 1 is 1.12 bits per heavy atom. The number of nitrogens with zero attached hydrogens (tertiary/aromatic N) is 1. The van der Waals surface area contributed by atoms with Crippen molar-refractivity contribution in [2.24, 2.45) is 0 Å². The van der Waals surface area contributed by atoms with Gasteiger partial charge in [0.2, 0.25) is 10.0 Å². The number of ether oxygens (including phenoxy) is 1. The van der Waals surface area contributed by atoms with Gasteiger partial charge in [0.15, 0.2) is 0 Å². The predicted molar refractivity (Wildman–Crippen MR) is 92.6 cm³/mol. The molecule has 0 aliphatic carbocycles. The molecule has 0 aliphatic rings. The van der Waals surface area contributed by atoms with E-state index in [1.54, 1.807) is 31.2 Å². The Kier molecular flexibility index (Phi) is 5.64. The van der Waals surface area contributed by atoms with Crippen LogP contribution in [0.3, 0.4) is 0 Å². The molecule has 0 amide bonds. The van der Waals surface area contributed by atoms with Gasteiger partial charge in [0.1, 0.15) is 6.10 Å². The van der Waals surface area contributed by atoms with Crippen molar-refractivity contribution in [3.05, 3.63) is 64.7 Å². The number of esters is 1. The maximum Gasteiger partial charge on any atom is 0.338 e. The molecule has 0 saturated carbocycles. The highest BCUT2D eigenvalue weighted by Gasteiger charge is 2.20. The molecule has 7 heteroatoms. The standard InChI is InChI=1S/C17H18ClNO4S/c1-12(13-7-9-15(18)10-8-13)23-17(20)14-5-4-6-16(11-14)24(21,22)19(2)3/h4-12H,1-3H3/t12-/m1/s1. The van der Waals surface area contributed by atoms with Gasteiger partial charge in [-0.05, 0) is 42.8 Å². The fourth-order valence-electron chi connectivity index (χ4n) is 2.02. The highest BCUT2D eigenvalue weighted by atomic mass is 35.5. The molecule has 2 rings (SSSR count). The third-order valence-corrected chi connectivity index (χ3v) is 5.53. The van der Waals surface area contributed by atoms with Crippen molar-refractivity contribution >= 4 is 27.6 Å². The summed E-state index contributed by atoms with van der Waals surface area (Å²) >= 11 is 5.84. The van der Waals surface area contributed by atoms with Crippen LogP contribution in [0.1, 0.15) is 28.9 Å². The van der Waals surface area contributed by atoms with Crippen LogP contribution < -0.4 is 0 Å². The first-order valence-corrected chi connectivity index (χ1v) is 9.02. The van der Waals surface area contributed by atoms with Crippen LogP contribution in [0, 0.1) is 0 Å². The van der Waals surface area contributed by atoms with Gasteiger partial charge in [-0.3, -0.25) is 0 Å². The highest BCUT2D eigenvalue weighted by Crippen LogP contribution is 2.22. The van der Waals surface area contributed by atoms with Crippen molar-refractivity contribution in [3.8, 4) is 0 Å². The minimum Gasteiger partial charge on any atom is -0.454 e. The Morgan fingerprint density at radius 3 is 2.33 bits per heavy atom. The SMILES string of the molecule is C[C@@H](OC(=O)c1cccc(S(=O)(=O)N(C)C)c1)c1ccc(Cl)cc1. The highest BCUT2D eigenvalue weighted by molar-refractivity contribution is 7.89. The fraction of sp³-hybridized carbons (Fsp3) is 0.235.